The highest BCUT2D eigenvalue weighted by Crippen LogP contribution is 2.27. The van der Waals surface area contributed by atoms with Crippen LogP contribution in [0.25, 0.3) is 16.9 Å². The second-order valence-corrected chi connectivity index (χ2v) is 6.74. The first-order valence-electron chi connectivity index (χ1n) is 8.70. The van der Waals surface area contributed by atoms with Crippen molar-refractivity contribution in [3.05, 3.63) is 42.1 Å². The zero-order valence-corrected chi connectivity index (χ0v) is 14.9. The van der Waals surface area contributed by atoms with Crippen LogP contribution in [0.15, 0.2) is 36.4 Å². The van der Waals surface area contributed by atoms with E-state index in [1.807, 2.05) is 49.3 Å². The summed E-state index contributed by atoms with van der Waals surface area (Å²) in [4.78, 5) is 20.0. The van der Waals surface area contributed by atoms with Crippen molar-refractivity contribution in [2.45, 2.75) is 12.8 Å². The molecule has 0 aliphatic carbocycles. The molecule has 1 aromatic carbocycles. The molecule has 134 valence electrons. The number of anilines is 2. The van der Waals surface area contributed by atoms with Crippen molar-refractivity contribution >= 4 is 23.1 Å². The predicted molar refractivity (Wildman–Crippen MR) is 101 cm³/mol. The van der Waals surface area contributed by atoms with E-state index < -0.39 is 5.97 Å². The van der Waals surface area contributed by atoms with Crippen LogP contribution in [0.2, 0.25) is 0 Å². The number of rotatable bonds is 4. The number of hydrogen-bond acceptors (Lipinski definition) is 5. The fraction of sp³-hybridized carbons (Fsp3) is 0.316. The molecule has 1 aliphatic heterocycles. The molecule has 1 saturated heterocycles. The van der Waals surface area contributed by atoms with Crippen LogP contribution in [0, 0.1) is 0 Å². The number of carboxylic acids is 1. The summed E-state index contributed by atoms with van der Waals surface area (Å²) >= 11 is 0. The molecule has 1 N–H and O–H groups in total. The van der Waals surface area contributed by atoms with Crippen LogP contribution in [0.5, 0.6) is 0 Å². The lowest BCUT2D eigenvalue weighted by molar-refractivity contribution is 0.0690. The second kappa shape index (κ2) is 6.33. The molecular weight excluding hydrogens is 330 g/mol. The average Bonchev–Trinajstić information content (AvgIpc) is 3.30. The maximum Gasteiger partial charge on any atom is 0.354 e. The van der Waals surface area contributed by atoms with E-state index in [0.29, 0.717) is 5.65 Å². The van der Waals surface area contributed by atoms with E-state index in [1.54, 1.807) is 10.6 Å². The molecule has 0 saturated carbocycles. The molecule has 3 aromatic rings. The number of hydrogen-bond donors (Lipinski definition) is 1. The number of carboxylic acid groups (broad SMARTS) is 1. The Labute approximate surface area is 151 Å². The van der Waals surface area contributed by atoms with Crippen molar-refractivity contribution in [3.63, 3.8) is 0 Å². The Hall–Kier alpha value is -3.09. The number of nitrogens with zero attached hydrogens (tertiary/aromatic N) is 5. The summed E-state index contributed by atoms with van der Waals surface area (Å²) in [5.74, 6) is -0.230. The molecule has 0 spiro atoms. The third kappa shape index (κ3) is 2.85. The summed E-state index contributed by atoms with van der Waals surface area (Å²) in [7, 11) is 4.00. The minimum absolute atomic E-state index is 0.0498. The van der Waals surface area contributed by atoms with Gasteiger partial charge in [0.15, 0.2) is 11.3 Å². The zero-order chi connectivity index (χ0) is 18.3. The van der Waals surface area contributed by atoms with Crippen LogP contribution in [-0.4, -0.2) is 52.9 Å². The first-order valence-corrected chi connectivity index (χ1v) is 8.70. The number of aromatic carboxylic acids is 1. The molecule has 7 nitrogen and oxygen atoms in total. The predicted octanol–water partition coefficient (Wildman–Crippen LogP) is 2.76. The van der Waals surface area contributed by atoms with Gasteiger partial charge in [-0.25, -0.2) is 9.78 Å². The van der Waals surface area contributed by atoms with Gasteiger partial charge in [0.1, 0.15) is 5.82 Å². The molecule has 1 aliphatic rings. The van der Waals surface area contributed by atoms with Gasteiger partial charge in [0.2, 0.25) is 0 Å². The van der Waals surface area contributed by atoms with Crippen molar-refractivity contribution in [2.75, 3.05) is 37.0 Å². The standard InChI is InChI=1S/C19H21N5O2/c1-22(2)14-7-5-13(6-8-14)15-11-17-20-16(19(25)26)12-18(24(17)21-15)23-9-3-4-10-23/h5-8,11-12H,3-4,9-10H2,1-2H3,(H,25,26). The Balaban J connectivity index is 1.82. The maximum atomic E-state index is 11.5. The van der Waals surface area contributed by atoms with Crippen LogP contribution in [0.1, 0.15) is 23.3 Å². The van der Waals surface area contributed by atoms with E-state index in [9.17, 15) is 9.90 Å². The molecule has 0 unspecified atom stereocenters. The lowest BCUT2D eigenvalue weighted by atomic mass is 10.1. The van der Waals surface area contributed by atoms with E-state index in [0.717, 1.165) is 48.7 Å². The summed E-state index contributed by atoms with van der Waals surface area (Å²) in [5, 5.41) is 14.1. The van der Waals surface area contributed by atoms with Crippen LogP contribution < -0.4 is 9.80 Å². The van der Waals surface area contributed by atoms with Crippen LogP contribution >= 0.6 is 0 Å². The third-order valence-corrected chi connectivity index (χ3v) is 4.74. The SMILES string of the molecule is CN(C)c1ccc(-c2cc3nc(C(=O)O)cc(N4CCCC4)n3n2)cc1. The molecular formula is C19H21N5O2. The molecule has 2 aromatic heterocycles. The van der Waals surface area contributed by atoms with Gasteiger partial charge < -0.3 is 14.9 Å². The van der Waals surface area contributed by atoms with Crippen molar-refractivity contribution in [1.29, 1.82) is 0 Å². The molecule has 0 bridgehead atoms. The summed E-state index contributed by atoms with van der Waals surface area (Å²) in [6.07, 6.45) is 2.21. The third-order valence-electron chi connectivity index (χ3n) is 4.74. The Morgan fingerprint density at radius 2 is 1.81 bits per heavy atom. The highest BCUT2D eigenvalue weighted by atomic mass is 16.4. The first-order chi connectivity index (χ1) is 12.5. The second-order valence-electron chi connectivity index (χ2n) is 6.74. The van der Waals surface area contributed by atoms with Gasteiger partial charge in [0.25, 0.3) is 0 Å². The molecule has 26 heavy (non-hydrogen) atoms. The molecule has 0 radical (unpaired) electrons. The Morgan fingerprint density at radius 3 is 2.42 bits per heavy atom. The minimum Gasteiger partial charge on any atom is -0.477 e. The van der Waals surface area contributed by atoms with E-state index in [4.69, 9.17) is 5.10 Å². The summed E-state index contributed by atoms with van der Waals surface area (Å²) in [6.45, 7) is 1.82. The smallest absolute Gasteiger partial charge is 0.354 e. The van der Waals surface area contributed by atoms with Crippen molar-refractivity contribution in [1.82, 2.24) is 14.6 Å². The van der Waals surface area contributed by atoms with Crippen LogP contribution in [-0.2, 0) is 0 Å². The van der Waals surface area contributed by atoms with Gasteiger partial charge in [0, 0.05) is 50.6 Å². The van der Waals surface area contributed by atoms with Crippen LogP contribution in [0.3, 0.4) is 0 Å². The molecule has 7 heteroatoms. The van der Waals surface area contributed by atoms with Gasteiger partial charge in [-0.1, -0.05) is 12.1 Å². The number of carbonyl (C=O) groups is 1. The highest BCUT2D eigenvalue weighted by Gasteiger charge is 2.20. The van der Waals surface area contributed by atoms with Crippen molar-refractivity contribution < 1.29 is 9.90 Å². The monoisotopic (exact) mass is 351 g/mol. The van der Waals surface area contributed by atoms with Gasteiger partial charge in [0.05, 0.1) is 5.69 Å². The highest BCUT2D eigenvalue weighted by molar-refractivity contribution is 5.87. The fourth-order valence-electron chi connectivity index (χ4n) is 3.31. The van der Waals surface area contributed by atoms with Gasteiger partial charge >= 0.3 is 5.97 Å². The minimum atomic E-state index is -1.02. The van der Waals surface area contributed by atoms with Gasteiger partial charge in [-0.3, -0.25) is 0 Å². The normalized spacial score (nSPS) is 14.2. The quantitative estimate of drug-likeness (QED) is 0.779. The zero-order valence-electron chi connectivity index (χ0n) is 14.9. The van der Waals surface area contributed by atoms with Gasteiger partial charge in [-0.05, 0) is 25.0 Å². The molecule has 3 heterocycles. The van der Waals surface area contributed by atoms with E-state index >= 15 is 0 Å². The van der Waals surface area contributed by atoms with Gasteiger partial charge in [-0.2, -0.15) is 9.61 Å². The van der Waals surface area contributed by atoms with Crippen molar-refractivity contribution in [2.24, 2.45) is 0 Å². The Morgan fingerprint density at radius 1 is 1.12 bits per heavy atom. The average molecular weight is 351 g/mol. The summed E-state index contributed by atoms with van der Waals surface area (Å²) in [5.41, 5.74) is 3.48. The molecule has 4 rings (SSSR count). The lowest BCUT2D eigenvalue weighted by Crippen LogP contribution is -2.22. The molecule has 0 atom stereocenters. The maximum absolute atomic E-state index is 11.5. The van der Waals surface area contributed by atoms with E-state index in [1.165, 1.54) is 0 Å². The number of fused-ring (bicyclic) bond motifs is 1. The Kier molecular flexibility index (Phi) is 3.99. The van der Waals surface area contributed by atoms with E-state index in [-0.39, 0.29) is 5.69 Å². The van der Waals surface area contributed by atoms with Gasteiger partial charge in [-0.15, -0.1) is 0 Å². The summed E-state index contributed by atoms with van der Waals surface area (Å²) < 4.78 is 1.76. The number of benzene rings is 1. The van der Waals surface area contributed by atoms with Crippen molar-refractivity contribution in [3.8, 4) is 11.3 Å². The topological polar surface area (TPSA) is 74.0 Å². The first kappa shape index (κ1) is 16.4. The van der Waals surface area contributed by atoms with E-state index in [2.05, 4.69) is 9.88 Å². The summed E-state index contributed by atoms with van der Waals surface area (Å²) in [6, 6.07) is 11.6. The lowest BCUT2D eigenvalue weighted by Gasteiger charge is -2.18. The van der Waals surface area contributed by atoms with Crippen LogP contribution in [0.4, 0.5) is 11.5 Å². The largest absolute Gasteiger partial charge is 0.477 e. The fourth-order valence-corrected chi connectivity index (χ4v) is 3.31. The molecule has 1 fully saturated rings. The Bertz CT molecular complexity index is 956. The molecule has 0 amide bonds. The number of aromatic nitrogens is 3.